The minimum absolute atomic E-state index is 0.341. The van der Waals surface area contributed by atoms with Crippen molar-refractivity contribution in [2.24, 2.45) is 4.99 Å². The van der Waals surface area contributed by atoms with Crippen LogP contribution in [0.2, 0.25) is 5.02 Å². The van der Waals surface area contributed by atoms with Gasteiger partial charge in [-0.2, -0.15) is 5.10 Å². The second kappa shape index (κ2) is 5.61. The molecule has 1 aromatic heterocycles. The molecule has 2 aromatic carbocycles. The molecule has 0 radical (unpaired) electrons. The Balaban J connectivity index is 1.56. The topological polar surface area (TPSA) is 47.2 Å². The number of carbonyl (C=O) groups is 1. The molecule has 2 aliphatic rings. The number of aromatic nitrogens is 2. The van der Waals surface area contributed by atoms with Crippen LogP contribution in [0.4, 0.5) is 4.39 Å². The monoisotopic (exact) mass is 365 g/mol. The summed E-state index contributed by atoms with van der Waals surface area (Å²) in [5.41, 5.74) is 3.87. The van der Waals surface area contributed by atoms with Crippen LogP contribution in [-0.4, -0.2) is 21.4 Å². The number of rotatable bonds is 3. The normalized spacial score (nSPS) is 15.9. The van der Waals surface area contributed by atoms with Gasteiger partial charge in [0.05, 0.1) is 28.5 Å². The van der Waals surface area contributed by atoms with Crippen LogP contribution in [0.25, 0.3) is 11.1 Å². The summed E-state index contributed by atoms with van der Waals surface area (Å²) in [6.07, 6.45) is 6.14. The fourth-order valence-corrected chi connectivity index (χ4v) is 3.45. The molecule has 0 bridgehead atoms. The summed E-state index contributed by atoms with van der Waals surface area (Å²) < 4.78 is 15.6. The Hall–Kier alpha value is -2.79. The van der Waals surface area contributed by atoms with E-state index in [0.29, 0.717) is 33.5 Å². The van der Waals surface area contributed by atoms with E-state index in [0.717, 1.165) is 24.0 Å². The first-order valence-electron chi connectivity index (χ1n) is 8.37. The maximum atomic E-state index is 13.6. The Morgan fingerprint density at radius 1 is 1.04 bits per heavy atom. The molecule has 1 amide bonds. The third-order valence-electron chi connectivity index (χ3n) is 4.76. The van der Waals surface area contributed by atoms with Crippen molar-refractivity contribution in [3.8, 4) is 11.1 Å². The molecule has 0 N–H and O–H groups in total. The van der Waals surface area contributed by atoms with Gasteiger partial charge in [-0.3, -0.25) is 9.48 Å². The fourth-order valence-electron chi connectivity index (χ4n) is 3.24. The zero-order valence-electron chi connectivity index (χ0n) is 13.6. The summed E-state index contributed by atoms with van der Waals surface area (Å²) in [6, 6.07) is 10.1. The highest BCUT2D eigenvalue weighted by Gasteiger charge is 2.27. The number of hydrogen-bond donors (Lipinski definition) is 0. The number of nitrogens with zero attached hydrogens (tertiary/aromatic N) is 3. The zero-order valence-corrected chi connectivity index (χ0v) is 14.4. The largest absolute Gasteiger partial charge is 0.278 e. The molecule has 26 heavy (non-hydrogen) atoms. The van der Waals surface area contributed by atoms with Gasteiger partial charge in [0.1, 0.15) is 5.82 Å². The van der Waals surface area contributed by atoms with Crippen LogP contribution >= 0.6 is 11.6 Å². The first-order valence-corrected chi connectivity index (χ1v) is 8.75. The Morgan fingerprint density at radius 2 is 1.88 bits per heavy atom. The summed E-state index contributed by atoms with van der Waals surface area (Å²) in [6.45, 7) is 0. The average Bonchev–Trinajstić information content (AvgIpc) is 3.28. The third kappa shape index (κ3) is 2.47. The first kappa shape index (κ1) is 15.5. The van der Waals surface area contributed by atoms with Crippen LogP contribution in [0.15, 0.2) is 53.8 Å². The van der Waals surface area contributed by atoms with E-state index in [1.807, 2.05) is 35.3 Å². The van der Waals surface area contributed by atoms with Gasteiger partial charge in [-0.1, -0.05) is 23.7 Å². The summed E-state index contributed by atoms with van der Waals surface area (Å²) in [5, 5.41) is 4.76. The van der Waals surface area contributed by atoms with Gasteiger partial charge in [-0.25, -0.2) is 9.38 Å². The van der Waals surface area contributed by atoms with Crippen molar-refractivity contribution in [2.75, 3.05) is 0 Å². The molecule has 0 unspecified atom stereocenters. The van der Waals surface area contributed by atoms with Gasteiger partial charge >= 0.3 is 0 Å². The van der Waals surface area contributed by atoms with Crippen LogP contribution in [-0.2, 0) is 0 Å². The van der Waals surface area contributed by atoms with Gasteiger partial charge < -0.3 is 0 Å². The molecule has 1 fully saturated rings. The number of carbonyl (C=O) groups excluding carboxylic acids is 1. The predicted octanol–water partition coefficient (Wildman–Crippen LogP) is 4.67. The van der Waals surface area contributed by atoms with E-state index in [1.165, 1.54) is 18.2 Å². The lowest BCUT2D eigenvalue weighted by Crippen LogP contribution is -2.02. The van der Waals surface area contributed by atoms with Crippen molar-refractivity contribution in [3.05, 3.63) is 76.3 Å². The molecule has 1 saturated carbocycles. The molecule has 0 atom stereocenters. The van der Waals surface area contributed by atoms with Crippen LogP contribution in [0, 0.1) is 5.82 Å². The predicted molar refractivity (Wildman–Crippen MR) is 97.3 cm³/mol. The van der Waals surface area contributed by atoms with Crippen LogP contribution in [0.3, 0.4) is 0 Å². The van der Waals surface area contributed by atoms with Crippen LogP contribution in [0.1, 0.15) is 40.4 Å². The lowest BCUT2D eigenvalue weighted by molar-refractivity contribution is 0.101. The van der Waals surface area contributed by atoms with Gasteiger partial charge in [-0.05, 0) is 42.7 Å². The van der Waals surface area contributed by atoms with E-state index in [4.69, 9.17) is 11.6 Å². The van der Waals surface area contributed by atoms with Crippen molar-refractivity contribution in [1.29, 1.82) is 0 Å². The van der Waals surface area contributed by atoms with Gasteiger partial charge in [0, 0.05) is 22.9 Å². The first-order chi connectivity index (χ1) is 12.6. The van der Waals surface area contributed by atoms with Gasteiger partial charge in [0.15, 0.2) is 0 Å². The number of hydrogen-bond acceptors (Lipinski definition) is 2. The Labute approximate surface area is 153 Å². The summed E-state index contributed by atoms with van der Waals surface area (Å²) in [7, 11) is 0. The van der Waals surface area contributed by atoms with E-state index in [9.17, 15) is 9.18 Å². The van der Waals surface area contributed by atoms with E-state index >= 15 is 0 Å². The highest BCUT2D eigenvalue weighted by Crippen LogP contribution is 2.36. The molecule has 128 valence electrons. The third-order valence-corrected chi connectivity index (χ3v) is 5.09. The van der Waals surface area contributed by atoms with Crippen molar-refractivity contribution in [1.82, 2.24) is 9.78 Å². The average molecular weight is 366 g/mol. The number of benzene rings is 2. The van der Waals surface area contributed by atoms with Crippen molar-refractivity contribution in [3.63, 3.8) is 0 Å². The number of aliphatic imine (C=N–C) groups is 1. The summed E-state index contributed by atoms with van der Waals surface area (Å²) in [4.78, 5) is 16.5. The fraction of sp³-hybridized carbons (Fsp3) is 0.150. The second-order valence-corrected chi connectivity index (χ2v) is 7.00. The molecule has 6 heteroatoms. The molecule has 1 aliphatic heterocycles. The van der Waals surface area contributed by atoms with E-state index < -0.39 is 5.82 Å². The standard InChI is InChI=1S/C20H13ClFN3O/c21-18-6-2-13(22)8-17(18)19-15-5-1-11(7-16(15)20(26)24-19)12-9-23-25(10-12)14-3-4-14/h1-2,5-10,14H,3-4H2. The van der Waals surface area contributed by atoms with Gasteiger partial charge in [0.25, 0.3) is 5.91 Å². The highest BCUT2D eigenvalue weighted by molar-refractivity contribution is 6.38. The smallest absolute Gasteiger partial charge is 0.269 e. The van der Waals surface area contributed by atoms with Gasteiger partial charge in [-0.15, -0.1) is 0 Å². The van der Waals surface area contributed by atoms with Crippen molar-refractivity contribution >= 4 is 23.2 Å². The highest BCUT2D eigenvalue weighted by atomic mass is 35.5. The van der Waals surface area contributed by atoms with Crippen LogP contribution < -0.4 is 0 Å². The zero-order chi connectivity index (χ0) is 17.8. The minimum Gasteiger partial charge on any atom is -0.269 e. The summed E-state index contributed by atoms with van der Waals surface area (Å²) >= 11 is 6.19. The van der Waals surface area contributed by atoms with Crippen LogP contribution in [0.5, 0.6) is 0 Å². The minimum atomic E-state index is -0.419. The number of halogens is 2. The molecule has 3 aromatic rings. The number of fused-ring (bicyclic) bond motifs is 1. The van der Waals surface area contributed by atoms with E-state index in [-0.39, 0.29) is 5.91 Å². The quantitative estimate of drug-likeness (QED) is 0.677. The van der Waals surface area contributed by atoms with Crippen molar-refractivity contribution < 1.29 is 9.18 Å². The molecule has 5 rings (SSSR count). The number of amides is 1. The lowest BCUT2D eigenvalue weighted by Gasteiger charge is -2.07. The molecule has 0 saturated heterocycles. The Morgan fingerprint density at radius 3 is 2.69 bits per heavy atom. The van der Waals surface area contributed by atoms with E-state index in [1.54, 1.807) is 0 Å². The molecular weight excluding hydrogens is 353 g/mol. The second-order valence-electron chi connectivity index (χ2n) is 6.59. The van der Waals surface area contributed by atoms with Gasteiger partial charge in [0.2, 0.25) is 0 Å². The molecule has 0 spiro atoms. The molecular formula is C20H13ClFN3O. The molecule has 1 aliphatic carbocycles. The summed E-state index contributed by atoms with van der Waals surface area (Å²) in [5.74, 6) is -0.760. The maximum Gasteiger partial charge on any atom is 0.278 e. The Kier molecular flexibility index (Phi) is 3.34. The van der Waals surface area contributed by atoms with Crippen molar-refractivity contribution in [2.45, 2.75) is 18.9 Å². The van der Waals surface area contributed by atoms with E-state index in [2.05, 4.69) is 10.1 Å². The maximum absolute atomic E-state index is 13.6. The SMILES string of the molecule is O=C1N=C(c2cc(F)ccc2Cl)c2ccc(-c3cnn(C4CC4)c3)cc21. The molecule has 2 heterocycles. The lowest BCUT2D eigenvalue weighted by atomic mass is 9.96. The Bertz CT molecular complexity index is 1100. The molecule has 4 nitrogen and oxygen atoms in total.